The largest absolute Gasteiger partial charge is 0.379 e. The molecule has 0 aromatic rings. The van der Waals surface area contributed by atoms with E-state index >= 15 is 0 Å². The molecule has 1 saturated heterocycles. The summed E-state index contributed by atoms with van der Waals surface area (Å²) in [4.78, 5) is 25.1. The van der Waals surface area contributed by atoms with Crippen molar-refractivity contribution in [1.29, 1.82) is 0 Å². The first kappa shape index (κ1) is 15.0. The van der Waals surface area contributed by atoms with Gasteiger partial charge in [-0.3, -0.25) is 9.59 Å². The van der Waals surface area contributed by atoms with Gasteiger partial charge < -0.3 is 15.0 Å². The van der Waals surface area contributed by atoms with E-state index in [0.29, 0.717) is 19.5 Å². The van der Waals surface area contributed by atoms with Gasteiger partial charge in [0.15, 0.2) is 0 Å². The number of hydrogen-bond acceptors (Lipinski definition) is 3. The summed E-state index contributed by atoms with van der Waals surface area (Å²) < 4.78 is 5.28. The average molecular weight is 256 g/mol. The standard InChI is InChI=1S/C13H24N2O3/c1-10(15-9-5-6-11(15)16)12(17)14-8-7-13(2,3)18-4/h10H,5-9H2,1-4H3,(H,14,17). The van der Waals surface area contributed by atoms with Crippen molar-refractivity contribution in [3.63, 3.8) is 0 Å². The Morgan fingerprint density at radius 3 is 2.72 bits per heavy atom. The minimum Gasteiger partial charge on any atom is -0.379 e. The summed E-state index contributed by atoms with van der Waals surface area (Å²) in [5.41, 5.74) is -0.236. The SMILES string of the molecule is COC(C)(C)CCNC(=O)C(C)N1CCCC1=O. The van der Waals surface area contributed by atoms with Crippen LogP contribution in [0.25, 0.3) is 0 Å². The minimum absolute atomic E-state index is 0.0786. The lowest BCUT2D eigenvalue weighted by Gasteiger charge is -2.25. The minimum atomic E-state index is -0.370. The predicted octanol–water partition coefficient (Wildman–Crippen LogP) is 0.929. The van der Waals surface area contributed by atoms with E-state index in [2.05, 4.69) is 5.32 Å². The zero-order chi connectivity index (χ0) is 13.8. The van der Waals surface area contributed by atoms with Crippen molar-refractivity contribution >= 4 is 11.8 Å². The van der Waals surface area contributed by atoms with Crippen LogP contribution >= 0.6 is 0 Å². The molecule has 0 aromatic heterocycles. The molecule has 0 saturated carbocycles. The summed E-state index contributed by atoms with van der Waals surface area (Å²) in [5.74, 6) is -0.00738. The molecule has 1 rings (SSSR count). The van der Waals surface area contributed by atoms with Gasteiger partial charge in [-0.25, -0.2) is 0 Å². The van der Waals surface area contributed by atoms with Crippen LogP contribution in [0.15, 0.2) is 0 Å². The van der Waals surface area contributed by atoms with Crippen molar-refractivity contribution in [2.75, 3.05) is 20.2 Å². The maximum absolute atomic E-state index is 11.9. The van der Waals surface area contributed by atoms with Crippen LogP contribution in [0, 0.1) is 0 Å². The second-order valence-corrected chi connectivity index (χ2v) is 5.37. The fourth-order valence-corrected chi connectivity index (χ4v) is 1.96. The van der Waals surface area contributed by atoms with Crippen LogP contribution in [0.1, 0.15) is 40.0 Å². The highest BCUT2D eigenvalue weighted by atomic mass is 16.5. The Labute approximate surface area is 109 Å². The van der Waals surface area contributed by atoms with Gasteiger partial charge in [0.2, 0.25) is 11.8 Å². The highest BCUT2D eigenvalue weighted by Gasteiger charge is 2.29. The van der Waals surface area contributed by atoms with E-state index in [1.807, 2.05) is 13.8 Å². The lowest BCUT2D eigenvalue weighted by molar-refractivity contribution is -0.136. The number of methoxy groups -OCH3 is 1. The number of likely N-dealkylation sites (tertiary alicyclic amines) is 1. The van der Waals surface area contributed by atoms with Gasteiger partial charge in [-0.15, -0.1) is 0 Å². The van der Waals surface area contributed by atoms with E-state index in [9.17, 15) is 9.59 Å². The van der Waals surface area contributed by atoms with E-state index < -0.39 is 0 Å². The average Bonchev–Trinajstić information content (AvgIpc) is 2.74. The zero-order valence-corrected chi connectivity index (χ0v) is 11.8. The predicted molar refractivity (Wildman–Crippen MR) is 69.1 cm³/mol. The lowest BCUT2D eigenvalue weighted by Crippen LogP contribution is -2.46. The van der Waals surface area contributed by atoms with Crippen molar-refractivity contribution in [2.45, 2.75) is 51.7 Å². The number of nitrogens with one attached hydrogen (secondary N) is 1. The molecule has 18 heavy (non-hydrogen) atoms. The van der Waals surface area contributed by atoms with E-state index in [-0.39, 0.29) is 23.5 Å². The number of carbonyl (C=O) groups is 2. The molecular formula is C13H24N2O3. The molecule has 104 valence electrons. The highest BCUT2D eigenvalue weighted by Crippen LogP contribution is 2.14. The van der Waals surface area contributed by atoms with E-state index in [1.165, 1.54) is 0 Å². The molecule has 1 heterocycles. The molecule has 1 atom stereocenters. The lowest BCUT2D eigenvalue weighted by atomic mass is 10.1. The quantitative estimate of drug-likeness (QED) is 0.769. The van der Waals surface area contributed by atoms with Gasteiger partial charge in [0, 0.05) is 26.6 Å². The first-order chi connectivity index (χ1) is 8.37. The normalized spacial score (nSPS) is 18.0. The molecule has 0 radical (unpaired) electrons. The number of ether oxygens (including phenoxy) is 1. The maximum Gasteiger partial charge on any atom is 0.242 e. The fraction of sp³-hybridized carbons (Fsp3) is 0.846. The molecule has 5 nitrogen and oxygen atoms in total. The van der Waals surface area contributed by atoms with Gasteiger partial charge in [0.25, 0.3) is 0 Å². The van der Waals surface area contributed by atoms with Crippen molar-refractivity contribution in [2.24, 2.45) is 0 Å². The van der Waals surface area contributed by atoms with Crippen LogP contribution in [0.4, 0.5) is 0 Å². The van der Waals surface area contributed by atoms with E-state index in [1.54, 1.807) is 18.9 Å². The molecule has 1 fully saturated rings. The van der Waals surface area contributed by atoms with Crippen LogP contribution in [0.3, 0.4) is 0 Å². The van der Waals surface area contributed by atoms with Crippen LogP contribution in [-0.2, 0) is 14.3 Å². The molecule has 1 unspecified atom stereocenters. The van der Waals surface area contributed by atoms with Gasteiger partial charge in [-0.2, -0.15) is 0 Å². The van der Waals surface area contributed by atoms with E-state index in [4.69, 9.17) is 4.74 Å². The Bertz CT molecular complexity index is 315. The summed E-state index contributed by atoms with van der Waals surface area (Å²) in [5, 5.41) is 2.86. The third-order valence-electron chi connectivity index (χ3n) is 3.54. The smallest absolute Gasteiger partial charge is 0.242 e. The molecule has 1 aliphatic heterocycles. The molecule has 1 aliphatic rings. The Kier molecular flexibility index (Phi) is 5.14. The van der Waals surface area contributed by atoms with Crippen molar-refractivity contribution in [1.82, 2.24) is 10.2 Å². The molecule has 2 amide bonds. The Hall–Kier alpha value is -1.10. The summed E-state index contributed by atoms with van der Waals surface area (Å²) in [6, 6.07) is -0.370. The molecule has 5 heteroatoms. The first-order valence-electron chi connectivity index (χ1n) is 6.50. The molecule has 1 N–H and O–H groups in total. The summed E-state index contributed by atoms with van der Waals surface area (Å²) in [6.45, 7) is 6.99. The van der Waals surface area contributed by atoms with Gasteiger partial charge in [0.1, 0.15) is 6.04 Å². The van der Waals surface area contributed by atoms with Crippen molar-refractivity contribution in [3.8, 4) is 0 Å². The van der Waals surface area contributed by atoms with Crippen molar-refractivity contribution in [3.05, 3.63) is 0 Å². The monoisotopic (exact) mass is 256 g/mol. The Balaban J connectivity index is 2.34. The summed E-state index contributed by atoms with van der Waals surface area (Å²) in [6.07, 6.45) is 2.16. The van der Waals surface area contributed by atoms with Gasteiger partial charge in [0.05, 0.1) is 5.60 Å². The number of nitrogens with zero attached hydrogens (tertiary/aromatic N) is 1. The number of amides is 2. The highest BCUT2D eigenvalue weighted by molar-refractivity contribution is 5.88. The maximum atomic E-state index is 11.9. The van der Waals surface area contributed by atoms with Gasteiger partial charge in [-0.1, -0.05) is 0 Å². The fourth-order valence-electron chi connectivity index (χ4n) is 1.96. The van der Waals surface area contributed by atoms with Crippen LogP contribution in [-0.4, -0.2) is 48.6 Å². The van der Waals surface area contributed by atoms with E-state index in [0.717, 1.165) is 12.8 Å². The molecule has 0 aromatic carbocycles. The first-order valence-corrected chi connectivity index (χ1v) is 6.50. The molecule has 0 bridgehead atoms. The number of rotatable bonds is 6. The number of hydrogen-bond donors (Lipinski definition) is 1. The summed E-state index contributed by atoms with van der Waals surface area (Å²) >= 11 is 0. The van der Waals surface area contributed by atoms with Gasteiger partial charge >= 0.3 is 0 Å². The third-order valence-corrected chi connectivity index (χ3v) is 3.54. The van der Waals surface area contributed by atoms with Crippen LogP contribution in [0.5, 0.6) is 0 Å². The second kappa shape index (κ2) is 6.18. The Morgan fingerprint density at radius 2 is 2.22 bits per heavy atom. The van der Waals surface area contributed by atoms with Gasteiger partial charge in [-0.05, 0) is 33.6 Å². The molecule has 0 aliphatic carbocycles. The topological polar surface area (TPSA) is 58.6 Å². The number of carbonyl (C=O) groups excluding carboxylic acids is 2. The Morgan fingerprint density at radius 1 is 1.56 bits per heavy atom. The van der Waals surface area contributed by atoms with Crippen LogP contribution < -0.4 is 5.32 Å². The van der Waals surface area contributed by atoms with Crippen molar-refractivity contribution < 1.29 is 14.3 Å². The molecule has 0 spiro atoms. The second-order valence-electron chi connectivity index (χ2n) is 5.37. The zero-order valence-electron chi connectivity index (χ0n) is 11.8. The van der Waals surface area contributed by atoms with Crippen LogP contribution in [0.2, 0.25) is 0 Å². The molecular weight excluding hydrogens is 232 g/mol. The summed E-state index contributed by atoms with van der Waals surface area (Å²) in [7, 11) is 1.66. The third kappa shape index (κ3) is 3.98.